The van der Waals surface area contributed by atoms with Crippen molar-refractivity contribution in [2.75, 3.05) is 11.1 Å². The van der Waals surface area contributed by atoms with E-state index in [2.05, 4.69) is 28.2 Å². The highest BCUT2D eigenvalue weighted by atomic mass is 32.2. The Balaban J connectivity index is 1.48. The molecule has 0 saturated carbocycles. The number of hydrogen-bond acceptors (Lipinski definition) is 6. The van der Waals surface area contributed by atoms with E-state index < -0.39 is 0 Å². The maximum absolute atomic E-state index is 13.2. The van der Waals surface area contributed by atoms with Gasteiger partial charge in [-0.15, -0.1) is 28.1 Å². The van der Waals surface area contributed by atoms with Gasteiger partial charge in [0, 0.05) is 17.0 Å². The van der Waals surface area contributed by atoms with Gasteiger partial charge in [0.1, 0.15) is 16.9 Å². The van der Waals surface area contributed by atoms with Crippen LogP contribution in [0, 0.1) is 17.1 Å². The first kappa shape index (κ1) is 21.3. The molecule has 0 bridgehead atoms. The summed E-state index contributed by atoms with van der Waals surface area (Å²) in [4.78, 5) is 13.8. The minimum Gasteiger partial charge on any atom is -0.316 e. The molecule has 0 unspecified atom stereocenters. The number of nitrogens with zero attached hydrogens (tertiary/aromatic N) is 4. The van der Waals surface area contributed by atoms with Crippen LogP contribution in [0.5, 0.6) is 0 Å². The van der Waals surface area contributed by atoms with E-state index in [0.29, 0.717) is 28.1 Å². The summed E-state index contributed by atoms with van der Waals surface area (Å²) in [5.74, 6) is 0.195. The highest BCUT2D eigenvalue weighted by Crippen LogP contribution is 2.37. The van der Waals surface area contributed by atoms with Crippen molar-refractivity contribution in [2.45, 2.75) is 37.4 Å². The second-order valence-corrected chi connectivity index (χ2v) is 9.12. The van der Waals surface area contributed by atoms with Crippen LogP contribution in [0.3, 0.4) is 0 Å². The Kier molecular flexibility index (Phi) is 6.49. The lowest BCUT2D eigenvalue weighted by atomic mass is 9.96. The van der Waals surface area contributed by atoms with E-state index in [0.717, 1.165) is 36.8 Å². The number of allylic oxidation sites excluding steroid dienone is 1. The summed E-state index contributed by atoms with van der Waals surface area (Å²) in [6.45, 7) is 4.23. The summed E-state index contributed by atoms with van der Waals surface area (Å²) in [7, 11) is 0. The quantitative estimate of drug-likeness (QED) is 0.410. The Labute approximate surface area is 187 Å². The molecule has 158 valence electrons. The first-order chi connectivity index (χ1) is 15.1. The number of aryl methyl sites for hydroxylation is 1. The van der Waals surface area contributed by atoms with Gasteiger partial charge in [0.2, 0.25) is 5.91 Å². The fourth-order valence-corrected chi connectivity index (χ4v) is 5.57. The Bertz CT molecular complexity index is 1160. The second-order valence-electron chi connectivity index (χ2n) is 7.08. The molecule has 3 aromatic rings. The smallest absolute Gasteiger partial charge is 0.235 e. The number of nitrogens with one attached hydrogen (secondary N) is 1. The zero-order valence-electron chi connectivity index (χ0n) is 16.7. The molecule has 1 aliphatic rings. The van der Waals surface area contributed by atoms with Crippen molar-refractivity contribution < 1.29 is 9.18 Å². The minimum atomic E-state index is -0.322. The molecule has 0 aliphatic heterocycles. The number of amides is 1. The number of halogens is 1. The number of aromatic nitrogens is 3. The molecule has 0 fully saturated rings. The number of rotatable bonds is 7. The molecule has 1 amide bonds. The average Bonchev–Trinajstić information content (AvgIpc) is 3.33. The molecule has 31 heavy (non-hydrogen) atoms. The van der Waals surface area contributed by atoms with Crippen molar-refractivity contribution in [3.8, 4) is 17.5 Å². The number of nitriles is 1. The lowest BCUT2D eigenvalue weighted by Crippen LogP contribution is -2.14. The molecule has 0 saturated heterocycles. The molecule has 9 heteroatoms. The number of carbonyl (C=O) groups excluding carboxylic acids is 1. The van der Waals surface area contributed by atoms with Crippen molar-refractivity contribution >= 4 is 34.0 Å². The van der Waals surface area contributed by atoms with Gasteiger partial charge >= 0.3 is 0 Å². The Morgan fingerprint density at radius 1 is 1.32 bits per heavy atom. The number of hydrogen-bond donors (Lipinski definition) is 1. The number of benzene rings is 1. The van der Waals surface area contributed by atoms with Crippen LogP contribution >= 0.6 is 23.1 Å². The molecule has 1 aliphatic carbocycles. The maximum atomic E-state index is 13.2. The summed E-state index contributed by atoms with van der Waals surface area (Å²) >= 11 is 2.77. The lowest BCUT2D eigenvalue weighted by Gasteiger charge is -2.09. The summed E-state index contributed by atoms with van der Waals surface area (Å²) in [5, 5.41) is 22.1. The predicted octanol–water partition coefficient (Wildman–Crippen LogP) is 4.81. The van der Waals surface area contributed by atoms with Gasteiger partial charge in [0.15, 0.2) is 11.0 Å². The van der Waals surface area contributed by atoms with E-state index in [9.17, 15) is 14.4 Å². The number of fused-ring (bicyclic) bond motifs is 1. The van der Waals surface area contributed by atoms with Crippen molar-refractivity contribution in [1.82, 2.24) is 14.8 Å². The summed E-state index contributed by atoms with van der Waals surface area (Å²) in [5.41, 5.74) is 2.43. The van der Waals surface area contributed by atoms with Crippen LogP contribution < -0.4 is 5.32 Å². The van der Waals surface area contributed by atoms with E-state index in [1.807, 2.05) is 4.57 Å². The molecule has 0 spiro atoms. The molecule has 0 radical (unpaired) electrons. The van der Waals surface area contributed by atoms with E-state index in [1.165, 1.54) is 40.1 Å². The lowest BCUT2D eigenvalue weighted by molar-refractivity contribution is -0.113. The monoisotopic (exact) mass is 453 g/mol. The Morgan fingerprint density at radius 2 is 2.10 bits per heavy atom. The third-order valence-corrected chi connectivity index (χ3v) is 7.17. The Morgan fingerprint density at radius 3 is 2.84 bits per heavy atom. The van der Waals surface area contributed by atoms with E-state index >= 15 is 0 Å². The summed E-state index contributed by atoms with van der Waals surface area (Å²) in [6, 6.07) is 8.28. The van der Waals surface area contributed by atoms with E-state index in [4.69, 9.17) is 0 Å². The van der Waals surface area contributed by atoms with Crippen molar-refractivity contribution in [3.05, 3.63) is 58.7 Å². The third-order valence-electron chi connectivity index (χ3n) is 5.00. The fourth-order valence-electron chi connectivity index (χ4n) is 3.57. The highest BCUT2D eigenvalue weighted by Gasteiger charge is 2.22. The van der Waals surface area contributed by atoms with E-state index in [1.54, 1.807) is 18.2 Å². The van der Waals surface area contributed by atoms with Crippen LogP contribution in [0.25, 0.3) is 11.4 Å². The Hall–Kier alpha value is -2.96. The van der Waals surface area contributed by atoms with Gasteiger partial charge in [-0.25, -0.2) is 4.39 Å². The highest BCUT2D eigenvalue weighted by molar-refractivity contribution is 7.99. The molecular formula is C22H20FN5OS2. The van der Waals surface area contributed by atoms with Gasteiger partial charge in [-0.1, -0.05) is 17.8 Å². The largest absolute Gasteiger partial charge is 0.316 e. The topological polar surface area (TPSA) is 83.6 Å². The van der Waals surface area contributed by atoms with Gasteiger partial charge in [-0.05, 0) is 55.5 Å². The molecule has 4 rings (SSSR count). The van der Waals surface area contributed by atoms with E-state index in [-0.39, 0.29) is 17.5 Å². The maximum Gasteiger partial charge on any atom is 0.235 e. The minimum absolute atomic E-state index is 0.131. The van der Waals surface area contributed by atoms with Gasteiger partial charge in [0.05, 0.1) is 11.3 Å². The molecule has 2 heterocycles. The molecule has 6 nitrogen and oxygen atoms in total. The fraction of sp³-hybridized carbons (Fsp3) is 0.273. The van der Waals surface area contributed by atoms with Crippen molar-refractivity contribution in [3.63, 3.8) is 0 Å². The van der Waals surface area contributed by atoms with Crippen LogP contribution in [-0.2, 0) is 24.2 Å². The second kappa shape index (κ2) is 9.45. The van der Waals surface area contributed by atoms with Crippen LogP contribution in [0.1, 0.15) is 28.8 Å². The van der Waals surface area contributed by atoms with Crippen LogP contribution in [0.2, 0.25) is 0 Å². The summed E-state index contributed by atoms with van der Waals surface area (Å²) < 4.78 is 15.1. The van der Waals surface area contributed by atoms with Crippen LogP contribution in [-0.4, -0.2) is 26.4 Å². The zero-order valence-corrected chi connectivity index (χ0v) is 18.4. The van der Waals surface area contributed by atoms with Crippen molar-refractivity contribution in [2.24, 2.45) is 0 Å². The molecule has 1 N–H and O–H groups in total. The van der Waals surface area contributed by atoms with Crippen LogP contribution in [0.4, 0.5) is 9.39 Å². The molecule has 1 aromatic carbocycles. The normalized spacial score (nSPS) is 12.8. The molecule has 2 aromatic heterocycles. The van der Waals surface area contributed by atoms with Gasteiger partial charge in [0.25, 0.3) is 0 Å². The van der Waals surface area contributed by atoms with Gasteiger partial charge in [-0.2, -0.15) is 5.26 Å². The number of thiophene rings is 1. The summed E-state index contributed by atoms with van der Waals surface area (Å²) in [6.07, 6.45) is 5.79. The van der Waals surface area contributed by atoms with Crippen molar-refractivity contribution in [1.29, 1.82) is 5.26 Å². The third kappa shape index (κ3) is 4.55. The molecule has 0 atom stereocenters. The van der Waals surface area contributed by atoms with Gasteiger partial charge < -0.3 is 5.32 Å². The number of carbonyl (C=O) groups is 1. The van der Waals surface area contributed by atoms with Crippen LogP contribution in [0.15, 0.2) is 42.1 Å². The number of thioether (sulfide) groups is 1. The standard InChI is InChI=1S/C22H20FN5OS2/c1-2-11-28-20(14-7-9-15(23)10-8-14)26-27-22(28)30-13-19(29)25-21-17(12-24)16-5-3-4-6-18(16)31-21/h2,7-10H,1,3-6,11,13H2,(H,25,29). The predicted molar refractivity (Wildman–Crippen MR) is 121 cm³/mol. The SMILES string of the molecule is C=CCn1c(SCC(=O)Nc2sc3c(c2C#N)CCCC3)nnc1-c1ccc(F)cc1. The molecular weight excluding hydrogens is 433 g/mol. The zero-order chi connectivity index (χ0) is 21.8. The van der Waals surface area contributed by atoms with Gasteiger partial charge in [-0.3, -0.25) is 9.36 Å². The first-order valence-electron chi connectivity index (χ1n) is 9.88. The number of anilines is 1. The average molecular weight is 454 g/mol. The first-order valence-corrected chi connectivity index (χ1v) is 11.7.